The molecule has 2 heterocycles. The van der Waals surface area contributed by atoms with Gasteiger partial charge in [0.15, 0.2) is 0 Å². The molecule has 0 aliphatic carbocycles. The molecule has 1 N–H and O–H groups in total. The number of likely N-dealkylation sites (N-methyl/N-ethyl adjacent to an activating group) is 1. The number of pyridine rings is 1. The lowest BCUT2D eigenvalue weighted by atomic mass is 10.2. The molecule has 6 heteroatoms. The third-order valence-electron chi connectivity index (χ3n) is 3.95. The standard InChI is InChI=1S/C16H26N4O2/c1-3-19-8-10-20(11-9-19)16(21)14-5-6-15(18-13-14)17-7-4-12-22-2/h5-6,13H,3-4,7-12H2,1-2H3,(H,17,18). The summed E-state index contributed by atoms with van der Waals surface area (Å²) in [7, 11) is 1.69. The van der Waals surface area contributed by atoms with E-state index in [0.29, 0.717) is 5.56 Å². The summed E-state index contributed by atoms with van der Waals surface area (Å²) >= 11 is 0. The van der Waals surface area contributed by atoms with Gasteiger partial charge in [0, 0.05) is 52.6 Å². The largest absolute Gasteiger partial charge is 0.385 e. The summed E-state index contributed by atoms with van der Waals surface area (Å²) in [6, 6.07) is 3.71. The number of aromatic nitrogens is 1. The maximum atomic E-state index is 12.4. The van der Waals surface area contributed by atoms with Crippen LogP contribution in [-0.4, -0.2) is 73.7 Å². The van der Waals surface area contributed by atoms with Gasteiger partial charge in [-0.1, -0.05) is 6.92 Å². The van der Waals surface area contributed by atoms with E-state index in [0.717, 1.165) is 58.1 Å². The fraction of sp³-hybridized carbons (Fsp3) is 0.625. The van der Waals surface area contributed by atoms with E-state index in [1.54, 1.807) is 13.3 Å². The molecular formula is C16H26N4O2. The van der Waals surface area contributed by atoms with Crippen LogP contribution < -0.4 is 5.32 Å². The number of ether oxygens (including phenoxy) is 1. The van der Waals surface area contributed by atoms with Crippen molar-refractivity contribution in [2.75, 3.05) is 58.3 Å². The third-order valence-corrected chi connectivity index (χ3v) is 3.95. The van der Waals surface area contributed by atoms with Gasteiger partial charge in [-0.05, 0) is 25.1 Å². The van der Waals surface area contributed by atoms with Crippen molar-refractivity contribution >= 4 is 11.7 Å². The Labute approximate surface area is 132 Å². The van der Waals surface area contributed by atoms with Crippen LogP contribution in [0.25, 0.3) is 0 Å². The van der Waals surface area contributed by atoms with Crippen molar-refractivity contribution in [1.29, 1.82) is 0 Å². The number of methoxy groups -OCH3 is 1. The first-order valence-electron chi connectivity index (χ1n) is 7.95. The Kier molecular flexibility index (Phi) is 6.61. The molecule has 0 atom stereocenters. The Hall–Kier alpha value is -1.66. The molecule has 0 unspecified atom stereocenters. The molecule has 122 valence electrons. The van der Waals surface area contributed by atoms with E-state index in [-0.39, 0.29) is 5.91 Å². The average Bonchev–Trinajstić information content (AvgIpc) is 2.59. The maximum Gasteiger partial charge on any atom is 0.255 e. The molecule has 0 bridgehead atoms. The van der Waals surface area contributed by atoms with E-state index in [1.165, 1.54) is 0 Å². The predicted octanol–water partition coefficient (Wildman–Crippen LogP) is 1.31. The minimum atomic E-state index is 0.0780. The minimum absolute atomic E-state index is 0.0780. The van der Waals surface area contributed by atoms with Crippen LogP contribution in [-0.2, 0) is 4.74 Å². The quantitative estimate of drug-likeness (QED) is 0.770. The minimum Gasteiger partial charge on any atom is -0.385 e. The second-order valence-corrected chi connectivity index (χ2v) is 5.43. The number of hydrogen-bond donors (Lipinski definition) is 1. The van der Waals surface area contributed by atoms with Crippen LogP contribution in [0.15, 0.2) is 18.3 Å². The highest BCUT2D eigenvalue weighted by molar-refractivity contribution is 5.94. The number of anilines is 1. The number of carbonyl (C=O) groups is 1. The smallest absolute Gasteiger partial charge is 0.255 e. The predicted molar refractivity (Wildman–Crippen MR) is 87.2 cm³/mol. The van der Waals surface area contributed by atoms with Crippen LogP contribution in [0.5, 0.6) is 0 Å². The van der Waals surface area contributed by atoms with Gasteiger partial charge in [-0.15, -0.1) is 0 Å². The first-order chi connectivity index (χ1) is 10.7. The average molecular weight is 306 g/mol. The fourth-order valence-electron chi connectivity index (χ4n) is 2.51. The highest BCUT2D eigenvalue weighted by Crippen LogP contribution is 2.10. The van der Waals surface area contributed by atoms with Gasteiger partial charge in [0.05, 0.1) is 5.56 Å². The SMILES string of the molecule is CCN1CCN(C(=O)c2ccc(NCCCOC)nc2)CC1. The maximum absolute atomic E-state index is 12.4. The third kappa shape index (κ3) is 4.68. The Bertz CT molecular complexity index is 456. The molecule has 0 saturated carbocycles. The zero-order valence-corrected chi connectivity index (χ0v) is 13.5. The second-order valence-electron chi connectivity index (χ2n) is 5.43. The molecule has 1 aliphatic rings. The van der Waals surface area contributed by atoms with E-state index in [2.05, 4.69) is 22.1 Å². The normalized spacial score (nSPS) is 15.8. The lowest BCUT2D eigenvalue weighted by Gasteiger charge is -2.34. The molecule has 22 heavy (non-hydrogen) atoms. The monoisotopic (exact) mass is 306 g/mol. The highest BCUT2D eigenvalue weighted by Gasteiger charge is 2.21. The number of nitrogens with one attached hydrogen (secondary N) is 1. The molecule has 0 radical (unpaired) electrons. The molecule has 1 saturated heterocycles. The summed E-state index contributed by atoms with van der Waals surface area (Å²) < 4.78 is 5.00. The molecule has 1 fully saturated rings. The van der Waals surface area contributed by atoms with E-state index < -0.39 is 0 Å². The Morgan fingerprint density at radius 3 is 2.68 bits per heavy atom. The molecule has 1 amide bonds. The van der Waals surface area contributed by atoms with Gasteiger partial charge >= 0.3 is 0 Å². The Morgan fingerprint density at radius 1 is 1.32 bits per heavy atom. The van der Waals surface area contributed by atoms with Crippen LogP contribution in [0.2, 0.25) is 0 Å². The summed E-state index contributed by atoms with van der Waals surface area (Å²) in [6.07, 6.45) is 2.59. The van der Waals surface area contributed by atoms with Crippen LogP contribution in [0.4, 0.5) is 5.82 Å². The van der Waals surface area contributed by atoms with Gasteiger partial charge in [0.25, 0.3) is 5.91 Å². The molecule has 0 spiro atoms. The van der Waals surface area contributed by atoms with Crippen molar-refractivity contribution in [3.05, 3.63) is 23.9 Å². The number of nitrogens with zero attached hydrogens (tertiary/aromatic N) is 3. The first-order valence-corrected chi connectivity index (χ1v) is 7.95. The topological polar surface area (TPSA) is 57.7 Å². The summed E-state index contributed by atoms with van der Waals surface area (Å²) in [6.45, 7) is 8.24. The lowest BCUT2D eigenvalue weighted by Crippen LogP contribution is -2.48. The Morgan fingerprint density at radius 2 is 2.09 bits per heavy atom. The van der Waals surface area contributed by atoms with Crippen LogP contribution in [0, 0.1) is 0 Å². The van der Waals surface area contributed by atoms with Gasteiger partial charge in [0.2, 0.25) is 0 Å². The van der Waals surface area contributed by atoms with Crippen molar-refractivity contribution in [3.8, 4) is 0 Å². The molecule has 1 aliphatic heterocycles. The summed E-state index contributed by atoms with van der Waals surface area (Å²) in [5, 5.41) is 3.22. The molecule has 2 rings (SSSR count). The van der Waals surface area contributed by atoms with Gasteiger partial charge in [-0.2, -0.15) is 0 Å². The molecule has 1 aromatic heterocycles. The summed E-state index contributed by atoms with van der Waals surface area (Å²) in [5.74, 6) is 0.873. The number of piperazine rings is 1. The summed E-state index contributed by atoms with van der Waals surface area (Å²) in [5.41, 5.74) is 0.660. The molecule has 0 aromatic carbocycles. The van der Waals surface area contributed by atoms with Gasteiger partial charge < -0.3 is 19.9 Å². The van der Waals surface area contributed by atoms with Gasteiger partial charge in [-0.25, -0.2) is 4.98 Å². The van der Waals surface area contributed by atoms with E-state index >= 15 is 0 Å². The van der Waals surface area contributed by atoms with Crippen LogP contribution >= 0.6 is 0 Å². The number of rotatable bonds is 7. The van der Waals surface area contributed by atoms with Crippen molar-refractivity contribution < 1.29 is 9.53 Å². The van der Waals surface area contributed by atoms with E-state index in [9.17, 15) is 4.79 Å². The molecule has 1 aromatic rings. The van der Waals surface area contributed by atoms with Gasteiger partial charge in [0.1, 0.15) is 5.82 Å². The fourth-order valence-corrected chi connectivity index (χ4v) is 2.51. The number of hydrogen-bond acceptors (Lipinski definition) is 5. The van der Waals surface area contributed by atoms with Crippen molar-refractivity contribution in [2.24, 2.45) is 0 Å². The van der Waals surface area contributed by atoms with E-state index in [1.807, 2.05) is 17.0 Å². The molecule has 6 nitrogen and oxygen atoms in total. The zero-order chi connectivity index (χ0) is 15.8. The number of carbonyl (C=O) groups excluding carboxylic acids is 1. The van der Waals surface area contributed by atoms with Gasteiger partial charge in [-0.3, -0.25) is 4.79 Å². The van der Waals surface area contributed by atoms with Crippen molar-refractivity contribution in [1.82, 2.24) is 14.8 Å². The Balaban J connectivity index is 1.83. The first kappa shape index (κ1) is 16.7. The number of amides is 1. The van der Waals surface area contributed by atoms with E-state index in [4.69, 9.17) is 4.74 Å². The van der Waals surface area contributed by atoms with Crippen LogP contribution in [0.3, 0.4) is 0 Å². The van der Waals surface area contributed by atoms with Crippen molar-refractivity contribution in [2.45, 2.75) is 13.3 Å². The lowest BCUT2D eigenvalue weighted by molar-refractivity contribution is 0.0643. The van der Waals surface area contributed by atoms with Crippen molar-refractivity contribution in [3.63, 3.8) is 0 Å². The highest BCUT2D eigenvalue weighted by atomic mass is 16.5. The molecular weight excluding hydrogens is 280 g/mol. The second kappa shape index (κ2) is 8.70. The van der Waals surface area contributed by atoms with Crippen LogP contribution in [0.1, 0.15) is 23.7 Å². The zero-order valence-electron chi connectivity index (χ0n) is 13.5. The summed E-state index contributed by atoms with van der Waals surface area (Å²) in [4.78, 5) is 21.0.